The zero-order valence-corrected chi connectivity index (χ0v) is 12.4. The summed E-state index contributed by atoms with van der Waals surface area (Å²) < 4.78 is 0. The summed E-state index contributed by atoms with van der Waals surface area (Å²) in [5, 5.41) is 3.07. The Balaban J connectivity index is 1.74. The molecule has 110 valence electrons. The summed E-state index contributed by atoms with van der Waals surface area (Å²) in [7, 11) is 0. The van der Waals surface area contributed by atoms with Gasteiger partial charge >= 0.3 is 0 Å². The molecule has 2 saturated carbocycles. The highest BCUT2D eigenvalue weighted by Gasteiger charge is 2.34. The number of fused-ring (bicyclic) bond motifs is 1. The number of carbonyl (C=O) groups is 1. The van der Waals surface area contributed by atoms with Gasteiger partial charge < -0.3 is 11.1 Å². The molecule has 4 unspecified atom stereocenters. The molecule has 19 heavy (non-hydrogen) atoms. The van der Waals surface area contributed by atoms with Crippen molar-refractivity contribution in [3.8, 4) is 0 Å². The van der Waals surface area contributed by atoms with E-state index in [1.165, 1.54) is 32.1 Å². The number of hydrogen-bond donors (Lipinski definition) is 2. The van der Waals surface area contributed by atoms with E-state index in [4.69, 9.17) is 5.73 Å². The van der Waals surface area contributed by atoms with Crippen LogP contribution in [0.2, 0.25) is 0 Å². The Bertz CT molecular complexity index is 292. The minimum absolute atomic E-state index is 0.125. The molecule has 3 heteroatoms. The van der Waals surface area contributed by atoms with Gasteiger partial charge in [0.1, 0.15) is 0 Å². The summed E-state index contributed by atoms with van der Waals surface area (Å²) in [6, 6.07) is 0.125. The van der Waals surface area contributed by atoms with Gasteiger partial charge in [0, 0.05) is 18.5 Å². The zero-order chi connectivity index (χ0) is 13.7. The molecule has 1 amide bonds. The average Bonchev–Trinajstić information content (AvgIpc) is 2.44. The Kier molecular flexibility index (Phi) is 5.68. The van der Waals surface area contributed by atoms with E-state index < -0.39 is 0 Å². The standard InChI is InChI=1S/C16H30N2O/c1-2-5-15(17)11-18-16(19)14-9-8-12-6-3-4-7-13(12)10-14/h12-15H,2-11,17H2,1H3,(H,18,19). The highest BCUT2D eigenvalue weighted by atomic mass is 16.1. The van der Waals surface area contributed by atoms with E-state index in [2.05, 4.69) is 12.2 Å². The molecule has 2 fully saturated rings. The number of hydrogen-bond acceptors (Lipinski definition) is 2. The Morgan fingerprint density at radius 2 is 1.95 bits per heavy atom. The quantitative estimate of drug-likeness (QED) is 0.804. The number of carbonyl (C=O) groups excluding carboxylic acids is 1. The van der Waals surface area contributed by atoms with Crippen molar-refractivity contribution < 1.29 is 4.79 Å². The van der Waals surface area contributed by atoms with Gasteiger partial charge in [0.25, 0.3) is 0 Å². The summed E-state index contributed by atoms with van der Waals surface area (Å²) in [6.07, 6.45) is 11.1. The van der Waals surface area contributed by atoms with Crippen LogP contribution in [-0.4, -0.2) is 18.5 Å². The molecule has 0 heterocycles. The lowest BCUT2D eigenvalue weighted by atomic mass is 9.67. The monoisotopic (exact) mass is 266 g/mol. The normalized spacial score (nSPS) is 32.4. The van der Waals surface area contributed by atoms with Crippen molar-refractivity contribution in [2.75, 3.05) is 6.54 Å². The van der Waals surface area contributed by atoms with Crippen LogP contribution < -0.4 is 11.1 Å². The van der Waals surface area contributed by atoms with Crippen molar-refractivity contribution in [1.29, 1.82) is 0 Å². The summed E-state index contributed by atoms with van der Waals surface area (Å²) in [5.74, 6) is 2.26. The zero-order valence-electron chi connectivity index (χ0n) is 12.4. The second-order valence-corrected chi connectivity index (χ2v) is 6.61. The molecule has 2 aliphatic carbocycles. The van der Waals surface area contributed by atoms with Gasteiger partial charge in [0.15, 0.2) is 0 Å². The molecular weight excluding hydrogens is 236 g/mol. The SMILES string of the molecule is CCCC(N)CNC(=O)C1CCC2CCCCC2C1. The van der Waals surface area contributed by atoms with E-state index in [-0.39, 0.29) is 17.9 Å². The fourth-order valence-corrected chi connectivity index (χ4v) is 3.96. The largest absolute Gasteiger partial charge is 0.354 e. The molecule has 0 aromatic rings. The predicted molar refractivity (Wildman–Crippen MR) is 78.7 cm³/mol. The minimum atomic E-state index is 0.125. The minimum Gasteiger partial charge on any atom is -0.354 e. The van der Waals surface area contributed by atoms with Crippen LogP contribution in [0.25, 0.3) is 0 Å². The van der Waals surface area contributed by atoms with Crippen molar-refractivity contribution >= 4 is 5.91 Å². The van der Waals surface area contributed by atoms with E-state index >= 15 is 0 Å². The fourth-order valence-electron chi connectivity index (χ4n) is 3.96. The Labute approximate surface area is 117 Å². The summed E-state index contributed by atoms with van der Waals surface area (Å²) >= 11 is 0. The third-order valence-electron chi connectivity index (χ3n) is 5.11. The Hall–Kier alpha value is -0.570. The highest BCUT2D eigenvalue weighted by molar-refractivity contribution is 5.78. The third-order valence-corrected chi connectivity index (χ3v) is 5.11. The van der Waals surface area contributed by atoms with Gasteiger partial charge in [-0.1, -0.05) is 39.0 Å². The van der Waals surface area contributed by atoms with Crippen LogP contribution in [0, 0.1) is 17.8 Å². The number of rotatable bonds is 5. The first-order chi connectivity index (χ1) is 9.20. The van der Waals surface area contributed by atoms with E-state index in [0.29, 0.717) is 6.54 Å². The van der Waals surface area contributed by atoms with Crippen LogP contribution in [0.3, 0.4) is 0 Å². The molecule has 2 rings (SSSR count). The van der Waals surface area contributed by atoms with Crippen molar-refractivity contribution in [2.24, 2.45) is 23.5 Å². The van der Waals surface area contributed by atoms with Crippen molar-refractivity contribution in [1.82, 2.24) is 5.32 Å². The molecule has 0 aromatic carbocycles. The first-order valence-corrected chi connectivity index (χ1v) is 8.24. The van der Waals surface area contributed by atoms with Crippen LogP contribution in [0.4, 0.5) is 0 Å². The molecule has 0 saturated heterocycles. The maximum Gasteiger partial charge on any atom is 0.223 e. The average molecular weight is 266 g/mol. The topological polar surface area (TPSA) is 55.1 Å². The first-order valence-electron chi connectivity index (χ1n) is 8.24. The second kappa shape index (κ2) is 7.28. The second-order valence-electron chi connectivity index (χ2n) is 6.61. The Morgan fingerprint density at radius 1 is 1.21 bits per heavy atom. The summed E-state index contributed by atoms with van der Waals surface area (Å²) in [5.41, 5.74) is 5.95. The van der Waals surface area contributed by atoms with Gasteiger partial charge in [0.05, 0.1) is 0 Å². The molecule has 0 aliphatic heterocycles. The van der Waals surface area contributed by atoms with Crippen LogP contribution in [0.15, 0.2) is 0 Å². The van der Waals surface area contributed by atoms with Gasteiger partial charge in [-0.3, -0.25) is 4.79 Å². The first kappa shape index (κ1) is 14.8. The van der Waals surface area contributed by atoms with E-state index in [1.54, 1.807) is 0 Å². The number of nitrogens with two attached hydrogens (primary N) is 1. The maximum absolute atomic E-state index is 12.2. The van der Waals surface area contributed by atoms with Gasteiger partial charge in [-0.15, -0.1) is 0 Å². The van der Waals surface area contributed by atoms with Gasteiger partial charge in [-0.2, -0.15) is 0 Å². The maximum atomic E-state index is 12.2. The van der Waals surface area contributed by atoms with Crippen LogP contribution in [0.1, 0.15) is 64.7 Å². The smallest absolute Gasteiger partial charge is 0.223 e. The molecule has 2 aliphatic rings. The van der Waals surface area contributed by atoms with Crippen LogP contribution in [-0.2, 0) is 4.79 Å². The van der Waals surface area contributed by atoms with Crippen LogP contribution >= 0.6 is 0 Å². The van der Waals surface area contributed by atoms with E-state index in [9.17, 15) is 4.79 Å². The third kappa shape index (κ3) is 4.20. The van der Waals surface area contributed by atoms with E-state index in [0.717, 1.165) is 37.5 Å². The van der Waals surface area contributed by atoms with Crippen molar-refractivity contribution in [3.05, 3.63) is 0 Å². The number of nitrogens with one attached hydrogen (secondary N) is 1. The highest BCUT2D eigenvalue weighted by Crippen LogP contribution is 2.42. The molecule has 0 aromatic heterocycles. The van der Waals surface area contributed by atoms with Gasteiger partial charge in [-0.25, -0.2) is 0 Å². The van der Waals surface area contributed by atoms with Crippen LogP contribution in [0.5, 0.6) is 0 Å². The fraction of sp³-hybridized carbons (Fsp3) is 0.938. The summed E-state index contributed by atoms with van der Waals surface area (Å²) in [6.45, 7) is 2.78. The lowest BCUT2D eigenvalue weighted by Crippen LogP contribution is -2.42. The molecule has 0 bridgehead atoms. The van der Waals surface area contributed by atoms with E-state index in [1.807, 2.05) is 0 Å². The number of amides is 1. The lowest BCUT2D eigenvalue weighted by molar-refractivity contribution is -0.127. The van der Waals surface area contributed by atoms with Crippen molar-refractivity contribution in [3.63, 3.8) is 0 Å². The van der Waals surface area contributed by atoms with Gasteiger partial charge in [-0.05, 0) is 37.5 Å². The summed E-state index contributed by atoms with van der Waals surface area (Å²) in [4.78, 5) is 12.2. The molecule has 3 nitrogen and oxygen atoms in total. The molecule has 0 spiro atoms. The van der Waals surface area contributed by atoms with Gasteiger partial charge in [0.2, 0.25) is 5.91 Å². The predicted octanol–water partition coefficient (Wildman–Crippen LogP) is 2.84. The molecule has 3 N–H and O–H groups in total. The molecule has 4 atom stereocenters. The molecular formula is C16H30N2O. The molecule has 0 radical (unpaired) electrons. The van der Waals surface area contributed by atoms with Crippen molar-refractivity contribution in [2.45, 2.75) is 70.8 Å². The lowest BCUT2D eigenvalue weighted by Gasteiger charge is -2.38. The Morgan fingerprint density at radius 3 is 2.68 bits per heavy atom.